The second-order valence-electron chi connectivity index (χ2n) is 5.78. The number of aromatic nitrogens is 3. The highest BCUT2D eigenvalue weighted by molar-refractivity contribution is 5.94. The number of aromatic amines is 2. The molecule has 0 aliphatic heterocycles. The molecule has 0 aliphatic carbocycles. The van der Waals surface area contributed by atoms with E-state index in [2.05, 4.69) is 44.7 Å². The zero-order valence-electron chi connectivity index (χ0n) is 13.9. The largest absolute Gasteiger partial charge is 0.355 e. The molecule has 7 nitrogen and oxygen atoms in total. The fourth-order valence-corrected chi connectivity index (χ4v) is 2.43. The second kappa shape index (κ2) is 6.57. The zero-order valence-corrected chi connectivity index (χ0v) is 13.9. The molecule has 1 aromatic carbocycles. The lowest BCUT2D eigenvalue weighted by atomic mass is 10.2. The van der Waals surface area contributed by atoms with Crippen molar-refractivity contribution in [3.8, 4) is 0 Å². The summed E-state index contributed by atoms with van der Waals surface area (Å²) in [5, 5.41) is 10.2. The number of nitrogens with zero attached hydrogens (tertiary/aromatic N) is 1. The van der Waals surface area contributed by atoms with Gasteiger partial charge < -0.3 is 15.6 Å². The molecule has 2 aromatic heterocycles. The van der Waals surface area contributed by atoms with Crippen LogP contribution >= 0.6 is 0 Å². The van der Waals surface area contributed by atoms with Crippen molar-refractivity contribution in [3.63, 3.8) is 0 Å². The number of benzene rings is 1. The molecule has 2 heterocycles. The molecular formula is C17H21N6O+. The molecule has 7 heteroatoms. The number of hydrogen-bond acceptors (Lipinski definition) is 4. The maximum Gasteiger partial charge on any atom is 0.351 e. The van der Waals surface area contributed by atoms with Gasteiger partial charge >= 0.3 is 5.95 Å². The number of rotatable bonds is 5. The summed E-state index contributed by atoms with van der Waals surface area (Å²) in [6.45, 7) is 4.16. The molecule has 0 bridgehead atoms. The Balaban J connectivity index is 1.88. The predicted octanol–water partition coefficient (Wildman–Crippen LogP) is 2.30. The quantitative estimate of drug-likeness (QED) is 0.579. The molecule has 0 fully saturated rings. The number of carbonyl (C=O) groups is 1. The fourth-order valence-electron chi connectivity index (χ4n) is 2.43. The van der Waals surface area contributed by atoms with Crippen molar-refractivity contribution in [3.05, 3.63) is 42.1 Å². The van der Waals surface area contributed by atoms with Crippen molar-refractivity contribution < 1.29 is 9.78 Å². The van der Waals surface area contributed by atoms with E-state index in [0.717, 1.165) is 22.5 Å². The molecule has 3 aromatic rings. The van der Waals surface area contributed by atoms with Crippen LogP contribution in [0.1, 0.15) is 24.2 Å². The molecular weight excluding hydrogens is 304 g/mol. The number of H-pyrrole nitrogens is 2. The number of anilines is 3. The van der Waals surface area contributed by atoms with Crippen LogP contribution in [-0.2, 0) is 0 Å². The van der Waals surface area contributed by atoms with Crippen molar-refractivity contribution in [2.45, 2.75) is 19.9 Å². The predicted molar refractivity (Wildman–Crippen MR) is 94.5 cm³/mol. The Labute approximate surface area is 139 Å². The Kier molecular flexibility index (Phi) is 4.33. The molecule has 0 atom stereocenters. The van der Waals surface area contributed by atoms with Crippen LogP contribution in [0, 0.1) is 0 Å². The van der Waals surface area contributed by atoms with Gasteiger partial charge in [0.15, 0.2) is 0 Å². The van der Waals surface area contributed by atoms with Gasteiger partial charge in [0.25, 0.3) is 5.91 Å². The van der Waals surface area contributed by atoms with Crippen LogP contribution in [-0.4, -0.2) is 29.0 Å². The molecule has 0 radical (unpaired) electrons. The Morgan fingerprint density at radius 1 is 1.21 bits per heavy atom. The Morgan fingerprint density at radius 3 is 2.62 bits per heavy atom. The second-order valence-corrected chi connectivity index (χ2v) is 5.78. The van der Waals surface area contributed by atoms with Crippen molar-refractivity contribution in [2.75, 3.05) is 17.7 Å². The first-order chi connectivity index (χ1) is 11.6. The summed E-state index contributed by atoms with van der Waals surface area (Å²) in [6, 6.07) is 9.49. The average molecular weight is 325 g/mol. The van der Waals surface area contributed by atoms with Crippen LogP contribution < -0.4 is 20.9 Å². The summed E-state index contributed by atoms with van der Waals surface area (Å²) >= 11 is 0. The molecule has 0 saturated heterocycles. The van der Waals surface area contributed by atoms with Gasteiger partial charge in [-0.15, -0.1) is 0 Å². The van der Waals surface area contributed by atoms with Gasteiger partial charge in [0.1, 0.15) is 0 Å². The molecule has 3 rings (SSSR count). The molecule has 5 N–H and O–H groups in total. The SMILES string of the molecule is CNC(=O)c1ccc(Nc2nc3[nH]ccc3c(NC(C)C)[nH+]2)cc1. The maximum absolute atomic E-state index is 11.6. The van der Waals surface area contributed by atoms with E-state index in [4.69, 9.17) is 0 Å². The van der Waals surface area contributed by atoms with E-state index >= 15 is 0 Å². The molecule has 0 aliphatic rings. The van der Waals surface area contributed by atoms with Crippen LogP contribution in [0.5, 0.6) is 0 Å². The molecule has 24 heavy (non-hydrogen) atoms. The van der Waals surface area contributed by atoms with E-state index in [1.54, 1.807) is 19.2 Å². The first-order valence-electron chi connectivity index (χ1n) is 7.83. The molecule has 1 amide bonds. The molecule has 0 spiro atoms. The maximum atomic E-state index is 11.6. The van der Waals surface area contributed by atoms with E-state index in [-0.39, 0.29) is 5.91 Å². The minimum Gasteiger partial charge on any atom is -0.355 e. The summed E-state index contributed by atoms with van der Waals surface area (Å²) in [7, 11) is 1.61. The summed E-state index contributed by atoms with van der Waals surface area (Å²) in [5.41, 5.74) is 2.25. The van der Waals surface area contributed by atoms with Gasteiger partial charge in [0.2, 0.25) is 11.5 Å². The monoisotopic (exact) mass is 325 g/mol. The molecule has 0 unspecified atom stereocenters. The smallest absolute Gasteiger partial charge is 0.351 e. The lowest BCUT2D eigenvalue weighted by Crippen LogP contribution is -2.22. The number of nitrogens with one attached hydrogen (secondary N) is 5. The lowest BCUT2D eigenvalue weighted by molar-refractivity contribution is -0.345. The van der Waals surface area contributed by atoms with Crippen LogP contribution in [0.3, 0.4) is 0 Å². The van der Waals surface area contributed by atoms with Crippen LogP contribution in [0.15, 0.2) is 36.5 Å². The summed E-state index contributed by atoms with van der Waals surface area (Å²) in [6.07, 6.45) is 1.86. The fraction of sp³-hybridized carbons (Fsp3) is 0.235. The summed E-state index contributed by atoms with van der Waals surface area (Å²) < 4.78 is 0. The standard InChI is InChI=1S/C17H20N6O/c1-10(2)20-15-13-8-9-19-14(13)22-17(23-15)21-12-6-4-11(5-7-12)16(24)18-3/h4-10H,1-3H3,(H,18,24)(H3,19,20,21,22,23)/p+1. The summed E-state index contributed by atoms with van der Waals surface area (Å²) in [4.78, 5) is 22.5. The highest BCUT2D eigenvalue weighted by atomic mass is 16.1. The van der Waals surface area contributed by atoms with Gasteiger partial charge in [-0.25, -0.2) is 4.98 Å². The number of amides is 1. The number of hydrogen-bond donors (Lipinski definition) is 4. The molecule has 124 valence electrons. The topological polar surface area (TPSA) is 96.0 Å². The third-order valence-corrected chi connectivity index (χ3v) is 3.53. The van der Waals surface area contributed by atoms with E-state index in [1.165, 1.54) is 0 Å². The normalized spacial score (nSPS) is 10.8. The van der Waals surface area contributed by atoms with Gasteiger partial charge in [-0.2, -0.15) is 0 Å². The van der Waals surface area contributed by atoms with Crippen LogP contribution in [0.4, 0.5) is 17.5 Å². The van der Waals surface area contributed by atoms with Gasteiger partial charge in [-0.05, 0) is 44.2 Å². The third kappa shape index (κ3) is 3.29. The molecule has 0 saturated carbocycles. The summed E-state index contributed by atoms with van der Waals surface area (Å²) in [5.74, 6) is 1.41. The van der Waals surface area contributed by atoms with Gasteiger partial charge in [0, 0.05) is 18.8 Å². The number of carbonyl (C=O) groups excluding carboxylic acids is 1. The zero-order chi connectivity index (χ0) is 17.1. The van der Waals surface area contributed by atoms with Crippen molar-refractivity contribution in [2.24, 2.45) is 0 Å². The highest BCUT2D eigenvalue weighted by Crippen LogP contribution is 2.20. The Hall–Kier alpha value is -3.09. The van der Waals surface area contributed by atoms with Gasteiger partial charge in [-0.1, -0.05) is 4.98 Å². The minimum absolute atomic E-state index is 0.109. The Morgan fingerprint density at radius 2 is 1.96 bits per heavy atom. The van der Waals surface area contributed by atoms with Crippen LogP contribution in [0.25, 0.3) is 11.0 Å². The average Bonchev–Trinajstić information content (AvgIpc) is 3.03. The first kappa shape index (κ1) is 15.8. The highest BCUT2D eigenvalue weighted by Gasteiger charge is 2.15. The number of fused-ring (bicyclic) bond motifs is 1. The third-order valence-electron chi connectivity index (χ3n) is 3.53. The lowest BCUT2D eigenvalue weighted by Gasteiger charge is -2.08. The van der Waals surface area contributed by atoms with Crippen molar-refractivity contribution in [1.29, 1.82) is 0 Å². The van der Waals surface area contributed by atoms with E-state index in [9.17, 15) is 4.79 Å². The van der Waals surface area contributed by atoms with Crippen molar-refractivity contribution >= 4 is 34.4 Å². The van der Waals surface area contributed by atoms with E-state index < -0.39 is 0 Å². The van der Waals surface area contributed by atoms with Gasteiger partial charge in [0.05, 0.1) is 17.1 Å². The first-order valence-corrected chi connectivity index (χ1v) is 7.83. The minimum atomic E-state index is -0.109. The van der Waals surface area contributed by atoms with E-state index in [1.807, 2.05) is 24.4 Å². The van der Waals surface area contributed by atoms with Gasteiger partial charge in [-0.3, -0.25) is 10.1 Å². The van der Waals surface area contributed by atoms with Crippen LogP contribution in [0.2, 0.25) is 0 Å². The van der Waals surface area contributed by atoms with Crippen molar-refractivity contribution in [1.82, 2.24) is 15.3 Å². The van der Waals surface area contributed by atoms with E-state index in [0.29, 0.717) is 17.6 Å². The Bertz CT molecular complexity index is 853.